The Labute approximate surface area is 472 Å². The quantitative estimate of drug-likeness (QED) is 0.129. The van der Waals surface area contributed by atoms with Gasteiger partial charge in [-0.2, -0.15) is 5.92 Å². The summed E-state index contributed by atoms with van der Waals surface area (Å²) in [5.74, 6) is -7.23. The molecule has 22 heteroatoms. The normalized spacial score (nSPS) is 26.8. The van der Waals surface area contributed by atoms with E-state index < -0.39 is 127 Å². The second-order valence-electron chi connectivity index (χ2n) is 19.6. The molecule has 1 aliphatic carbocycles. The minimum atomic E-state index is -1.75. The van der Waals surface area contributed by atoms with Gasteiger partial charge < -0.3 is 61.2 Å². The molecule has 0 spiro atoms. The van der Waals surface area contributed by atoms with Gasteiger partial charge in [-0.1, -0.05) is 97.7 Å². The van der Waals surface area contributed by atoms with Gasteiger partial charge in [0.1, 0.15) is 43.4 Å². The number of nitrogens with one attached hydrogen (secondary N) is 6. The van der Waals surface area contributed by atoms with E-state index in [2.05, 4.69) is 31.9 Å². The van der Waals surface area contributed by atoms with Gasteiger partial charge in [0.2, 0.25) is 35.4 Å². The number of aliphatic hydroxyl groups excluding tert-OH is 2. The number of carbonyl (C=O) groups is 9. The second kappa shape index (κ2) is 32.2. The summed E-state index contributed by atoms with van der Waals surface area (Å²) < 4.78 is 17.2. The molecule has 12 atom stereocenters. The van der Waals surface area contributed by atoms with Crippen molar-refractivity contribution in [2.75, 3.05) is 27.2 Å². The number of rotatable bonds is 9. The Bertz CT molecular complexity index is 2260. The first-order chi connectivity index (χ1) is 35.3. The molecule has 1 saturated heterocycles. The number of hydrogen-bond donors (Lipinski definition) is 8. The van der Waals surface area contributed by atoms with Crippen LogP contribution in [0.4, 0.5) is 0 Å². The SMILES string of the molecule is CC[C-]1/C=C/C(=O)NCC(=O)OC[C@@H]2NC(=O)[C@@H]([C@@H](C)O)NC(=O)[C@H](Cc3ccccc3)N(C)C(=O)[C@@H](NC(=O)[C@@H]([C@@H](C)CC)NC(=O)[C@@H](C)[C@@H](C)OC2=O)C2=CC=C(CC2)O[C@@H]1C.CNC(=O)[C@H](C)[C@H](O)C(C)C.[Y]. The summed E-state index contributed by atoms with van der Waals surface area (Å²) in [5, 5.41) is 35.9. The molecule has 0 saturated carbocycles. The van der Waals surface area contributed by atoms with Gasteiger partial charge >= 0.3 is 11.9 Å². The van der Waals surface area contributed by atoms with Crippen molar-refractivity contribution in [2.24, 2.45) is 23.7 Å². The second-order valence-corrected chi connectivity index (χ2v) is 19.6. The Hall–Kier alpha value is -5.64. The molecule has 1 aromatic rings. The minimum Gasteiger partial charge on any atom is -0.508 e. The Balaban J connectivity index is 0.00000147. The molecule has 21 nitrogen and oxygen atoms in total. The molecular weight excluding hydrogens is 1060 g/mol. The number of amides is 7. The number of likely N-dealkylation sites (N-methyl/N-ethyl adjacent to an activating group) is 1. The van der Waals surface area contributed by atoms with Crippen molar-refractivity contribution >= 4 is 53.3 Å². The van der Waals surface area contributed by atoms with Crippen molar-refractivity contribution in [3.63, 3.8) is 0 Å². The van der Waals surface area contributed by atoms with Crippen molar-refractivity contribution in [3.05, 3.63) is 77.4 Å². The van der Waals surface area contributed by atoms with Crippen molar-refractivity contribution < 1.29 is 100 Å². The van der Waals surface area contributed by atoms with Gasteiger partial charge in [-0.15, -0.1) is 6.08 Å². The fourth-order valence-electron chi connectivity index (χ4n) is 8.20. The Morgan fingerprint density at radius 1 is 0.829 bits per heavy atom. The Morgan fingerprint density at radius 2 is 1.46 bits per heavy atom. The van der Waals surface area contributed by atoms with Crippen LogP contribution >= 0.6 is 0 Å². The summed E-state index contributed by atoms with van der Waals surface area (Å²) >= 11 is 0. The molecule has 3 aliphatic heterocycles. The van der Waals surface area contributed by atoms with E-state index in [0.717, 1.165) is 5.92 Å². The van der Waals surface area contributed by atoms with Crippen LogP contribution in [-0.4, -0.2) is 150 Å². The fourth-order valence-corrected chi connectivity index (χ4v) is 8.20. The summed E-state index contributed by atoms with van der Waals surface area (Å²) in [6, 6.07) is 1.45. The van der Waals surface area contributed by atoms with E-state index in [-0.39, 0.29) is 63.3 Å². The molecule has 0 aromatic heterocycles. The van der Waals surface area contributed by atoms with Gasteiger partial charge in [0.25, 0.3) is 0 Å². The third-order valence-electron chi connectivity index (χ3n) is 13.7. The average molecular weight is 1140 g/mol. The van der Waals surface area contributed by atoms with E-state index in [9.17, 15) is 53.4 Å². The first-order valence-electron chi connectivity index (χ1n) is 25.7. The fraction of sp³-hybridized carbons (Fsp3) is 0.593. The molecule has 1 aromatic carbocycles. The standard InChI is InChI=1S/C46H63N6O12.C8H17NO2.Y/c1-9-25(3)38-43(58)51-40-32-16-19-33(20-17-32)63-29(7)31(10-2)18-21-36(54)47-23-37(55)62-24-34(46(61)64-28(6)26(4)41(56)49-38)48-44(59)39(27(5)53)50-42(57)35(52(8)45(40)60)22-30-14-12-11-13-15-30;1-5(2)7(10)6(3)8(11)9-4;/h11-16,18-19,21,25-29,34-35,38-40,53H,9-10,17,20,22-24H2,1-8H3,(H,47,54)(H,48,59)(H,49,56)(H,50,57)(H,51,58);5-7,10H,1-4H3,(H,9,11);/q-1;;/b21-18+;;/t25-,26-,27+,28+,29+,34-,35-,38+,39+,40-;6-,7-;/m01./s1. The number of cyclic esters (lactones) is 1. The molecule has 5 rings (SSSR count). The van der Waals surface area contributed by atoms with Gasteiger partial charge in [0.05, 0.1) is 35.9 Å². The Morgan fingerprint density at radius 3 is 2.03 bits per heavy atom. The molecule has 7 amide bonds. The third-order valence-corrected chi connectivity index (χ3v) is 13.7. The minimum absolute atomic E-state index is 0. The number of benzene rings is 1. The van der Waals surface area contributed by atoms with Crippen LogP contribution < -0.4 is 31.9 Å². The zero-order chi connectivity index (χ0) is 56.3. The first-order valence-corrected chi connectivity index (χ1v) is 25.7. The van der Waals surface area contributed by atoms with E-state index >= 15 is 0 Å². The third kappa shape index (κ3) is 19.7. The number of nitrogens with zero attached hydrogens (tertiary/aromatic N) is 1. The number of aliphatic hydroxyl groups is 2. The van der Waals surface area contributed by atoms with Gasteiger partial charge in [-0.05, 0) is 56.2 Å². The van der Waals surface area contributed by atoms with Crippen LogP contribution in [0.15, 0.2) is 66.0 Å². The van der Waals surface area contributed by atoms with Crippen LogP contribution in [0.3, 0.4) is 0 Å². The number of hydrogen-bond acceptors (Lipinski definition) is 14. The predicted molar refractivity (Wildman–Crippen MR) is 277 cm³/mol. The van der Waals surface area contributed by atoms with E-state index in [0.29, 0.717) is 36.2 Å². The molecule has 3 heterocycles. The molecule has 419 valence electrons. The number of ether oxygens (including phenoxy) is 3. The molecule has 8 N–H and O–H groups in total. The molecule has 4 bridgehead atoms. The van der Waals surface area contributed by atoms with Crippen molar-refractivity contribution in [3.8, 4) is 0 Å². The summed E-state index contributed by atoms with van der Waals surface area (Å²) in [7, 11) is 2.97. The molecule has 1 fully saturated rings. The zero-order valence-electron chi connectivity index (χ0n) is 46.0. The van der Waals surface area contributed by atoms with Crippen molar-refractivity contribution in [1.29, 1.82) is 0 Å². The van der Waals surface area contributed by atoms with E-state index in [1.54, 1.807) is 69.5 Å². The van der Waals surface area contributed by atoms with Crippen LogP contribution in [0.25, 0.3) is 0 Å². The van der Waals surface area contributed by atoms with E-state index in [4.69, 9.17) is 14.2 Å². The van der Waals surface area contributed by atoms with Gasteiger partial charge in [0, 0.05) is 59.6 Å². The average Bonchev–Trinajstić information content (AvgIpc) is 3.39. The van der Waals surface area contributed by atoms with Crippen LogP contribution in [0.5, 0.6) is 0 Å². The van der Waals surface area contributed by atoms with Gasteiger partial charge in [-0.3, -0.25) is 38.4 Å². The van der Waals surface area contributed by atoms with Crippen LogP contribution in [-0.2, 0) is 96.5 Å². The van der Waals surface area contributed by atoms with Gasteiger partial charge in [0.15, 0.2) is 11.9 Å². The topological polar surface area (TPSA) is 297 Å². The van der Waals surface area contributed by atoms with Crippen LogP contribution in [0, 0.1) is 29.6 Å². The number of carbonyl (C=O) groups excluding carboxylic acids is 9. The first kappa shape index (κ1) is 66.5. The largest absolute Gasteiger partial charge is 0.508 e. The van der Waals surface area contributed by atoms with E-state index in [1.165, 1.54) is 38.8 Å². The summed E-state index contributed by atoms with van der Waals surface area (Å²) in [5.41, 5.74) is 1.12. The molecule has 4 aliphatic rings. The zero-order valence-corrected chi connectivity index (χ0v) is 48.8. The molecule has 76 heavy (non-hydrogen) atoms. The number of esters is 2. The maximum Gasteiger partial charge on any atom is 0.332 e. The predicted octanol–water partition coefficient (Wildman–Crippen LogP) is 1.61. The Kier molecular flexibility index (Phi) is 28.1. The van der Waals surface area contributed by atoms with Crippen LogP contribution in [0.1, 0.15) is 100 Å². The molecule has 0 unspecified atom stereocenters. The van der Waals surface area contributed by atoms with E-state index in [1.807, 2.05) is 34.6 Å². The van der Waals surface area contributed by atoms with Gasteiger partial charge in [-0.25, -0.2) is 10.9 Å². The number of allylic oxidation sites excluding steroid dienone is 3. The number of fused-ring (bicyclic) bond motifs is 11. The van der Waals surface area contributed by atoms with Crippen molar-refractivity contribution in [1.82, 2.24) is 36.8 Å². The molecular formula is C54H80N7O14Y-. The monoisotopic (exact) mass is 1140 g/mol. The summed E-state index contributed by atoms with van der Waals surface area (Å²) in [6.07, 6.45) is 3.83. The van der Waals surface area contributed by atoms with Crippen LogP contribution in [0.2, 0.25) is 0 Å². The summed E-state index contributed by atoms with van der Waals surface area (Å²) in [4.78, 5) is 123. The maximum absolute atomic E-state index is 15.0. The molecule has 1 radical (unpaired) electrons. The summed E-state index contributed by atoms with van der Waals surface area (Å²) in [6.45, 7) is 15.5. The maximum atomic E-state index is 15.0. The van der Waals surface area contributed by atoms with Crippen molar-refractivity contribution in [2.45, 2.75) is 156 Å². The smallest absolute Gasteiger partial charge is 0.332 e.